The lowest BCUT2D eigenvalue weighted by atomic mass is 9.97. The van der Waals surface area contributed by atoms with E-state index >= 15 is 0 Å². The molecule has 0 bridgehead atoms. The van der Waals surface area contributed by atoms with Gasteiger partial charge >= 0.3 is 0 Å². The summed E-state index contributed by atoms with van der Waals surface area (Å²) in [7, 11) is 1.53. The van der Waals surface area contributed by atoms with E-state index in [1.54, 1.807) is 17.0 Å². The summed E-state index contributed by atoms with van der Waals surface area (Å²) in [5.74, 6) is -0.283. The minimum Gasteiger partial charge on any atom is -0.366 e. The van der Waals surface area contributed by atoms with Crippen LogP contribution in [-0.4, -0.2) is 39.6 Å². The molecule has 2 heterocycles. The van der Waals surface area contributed by atoms with Gasteiger partial charge < -0.3 is 10.6 Å². The molecule has 0 saturated carbocycles. The van der Waals surface area contributed by atoms with E-state index in [-0.39, 0.29) is 17.2 Å². The number of hydrogen-bond donors (Lipinski definition) is 1. The summed E-state index contributed by atoms with van der Waals surface area (Å²) < 4.78 is 1.16. The number of amides is 2. The van der Waals surface area contributed by atoms with Gasteiger partial charge in [0.05, 0.1) is 0 Å². The number of primary amides is 1. The number of aromatic nitrogens is 2. The number of benzene rings is 1. The predicted octanol–water partition coefficient (Wildman–Crippen LogP) is 0.584. The fourth-order valence-electron chi connectivity index (χ4n) is 3.15. The molecule has 1 aliphatic heterocycles. The first kappa shape index (κ1) is 16.9. The van der Waals surface area contributed by atoms with Crippen LogP contribution in [0.4, 0.5) is 0 Å². The van der Waals surface area contributed by atoms with Crippen LogP contribution in [0.2, 0.25) is 0 Å². The quantitative estimate of drug-likeness (QED) is 0.880. The maximum Gasteiger partial charge on any atom is 0.274 e. The summed E-state index contributed by atoms with van der Waals surface area (Å²) in [5, 5.41) is 4.02. The molecule has 2 N–H and O–H groups in total. The van der Waals surface area contributed by atoms with E-state index in [4.69, 9.17) is 5.73 Å². The average Bonchev–Trinajstić information content (AvgIpc) is 3.05. The summed E-state index contributed by atoms with van der Waals surface area (Å²) >= 11 is 0. The van der Waals surface area contributed by atoms with Crippen molar-refractivity contribution in [2.75, 3.05) is 13.1 Å². The Labute approximate surface area is 145 Å². The Bertz CT molecular complexity index is 875. The molecule has 1 aromatic heterocycles. The molecule has 7 nitrogen and oxygen atoms in total. The van der Waals surface area contributed by atoms with Gasteiger partial charge in [0, 0.05) is 31.8 Å². The number of nitrogens with two attached hydrogens (primary N) is 1. The Kier molecular flexibility index (Phi) is 4.65. The molecule has 3 rings (SSSR count). The normalized spacial score (nSPS) is 16.8. The van der Waals surface area contributed by atoms with Gasteiger partial charge in [0.15, 0.2) is 0 Å². The molecule has 0 aliphatic carbocycles. The maximum absolute atomic E-state index is 12.5. The van der Waals surface area contributed by atoms with Crippen molar-refractivity contribution >= 4 is 11.8 Å². The van der Waals surface area contributed by atoms with E-state index in [0.717, 1.165) is 23.1 Å². The van der Waals surface area contributed by atoms with Crippen LogP contribution in [0.3, 0.4) is 0 Å². The van der Waals surface area contributed by atoms with Gasteiger partial charge in [0.25, 0.3) is 11.5 Å². The molecule has 1 fully saturated rings. The van der Waals surface area contributed by atoms with Crippen LogP contribution in [0.25, 0.3) is 0 Å². The molecule has 2 aromatic rings. The van der Waals surface area contributed by atoms with Crippen LogP contribution >= 0.6 is 0 Å². The zero-order valence-corrected chi connectivity index (χ0v) is 14.0. The van der Waals surface area contributed by atoms with Crippen molar-refractivity contribution in [2.24, 2.45) is 18.7 Å². The van der Waals surface area contributed by atoms with Crippen LogP contribution < -0.4 is 11.3 Å². The van der Waals surface area contributed by atoms with E-state index in [1.165, 1.54) is 19.2 Å². The molecule has 1 atom stereocenters. The standard InChI is InChI=1S/C18H20N4O3/c1-21-16(23)6-5-15(20-21)18(25)22-8-7-13(11-22)9-12-3-2-4-14(10-12)17(19)24/h2-6,10,13H,7-9,11H2,1H3,(H2,19,24). The van der Waals surface area contributed by atoms with Crippen LogP contribution in [0.5, 0.6) is 0 Å². The molecule has 25 heavy (non-hydrogen) atoms. The fourth-order valence-corrected chi connectivity index (χ4v) is 3.15. The van der Waals surface area contributed by atoms with Gasteiger partial charge in [-0.2, -0.15) is 5.10 Å². The molecule has 0 radical (unpaired) electrons. The van der Waals surface area contributed by atoms with Crippen molar-refractivity contribution in [3.05, 3.63) is 63.6 Å². The topological polar surface area (TPSA) is 98.3 Å². The molecule has 130 valence electrons. The minimum absolute atomic E-state index is 0.163. The number of carbonyl (C=O) groups is 2. The van der Waals surface area contributed by atoms with E-state index in [1.807, 2.05) is 12.1 Å². The monoisotopic (exact) mass is 340 g/mol. The summed E-state index contributed by atoms with van der Waals surface area (Å²) in [6.07, 6.45) is 1.67. The lowest BCUT2D eigenvalue weighted by molar-refractivity contribution is 0.0778. The number of carbonyl (C=O) groups excluding carboxylic acids is 2. The zero-order chi connectivity index (χ0) is 18.0. The summed E-state index contributed by atoms with van der Waals surface area (Å²) in [6.45, 7) is 1.29. The Hall–Kier alpha value is -2.96. The highest BCUT2D eigenvalue weighted by Gasteiger charge is 2.28. The fraction of sp³-hybridized carbons (Fsp3) is 0.333. The lowest BCUT2D eigenvalue weighted by Crippen LogP contribution is -2.32. The summed E-state index contributed by atoms with van der Waals surface area (Å²) in [6, 6.07) is 10.1. The van der Waals surface area contributed by atoms with Gasteiger partial charge in [-0.25, -0.2) is 4.68 Å². The highest BCUT2D eigenvalue weighted by atomic mass is 16.2. The van der Waals surface area contributed by atoms with Crippen molar-refractivity contribution in [2.45, 2.75) is 12.8 Å². The highest BCUT2D eigenvalue weighted by molar-refractivity contribution is 5.93. The number of aryl methyl sites for hydroxylation is 1. The SMILES string of the molecule is Cn1nc(C(=O)N2CCC(Cc3cccc(C(N)=O)c3)C2)ccc1=O. The first-order valence-corrected chi connectivity index (χ1v) is 8.16. The van der Waals surface area contributed by atoms with Gasteiger partial charge in [-0.05, 0) is 42.5 Å². The van der Waals surface area contributed by atoms with E-state index in [9.17, 15) is 14.4 Å². The second kappa shape index (κ2) is 6.88. The Morgan fingerprint density at radius 1 is 1.28 bits per heavy atom. The van der Waals surface area contributed by atoms with Crippen molar-refractivity contribution in [3.8, 4) is 0 Å². The van der Waals surface area contributed by atoms with E-state index in [2.05, 4.69) is 5.10 Å². The second-order valence-corrected chi connectivity index (χ2v) is 6.36. The molecular weight excluding hydrogens is 320 g/mol. The number of rotatable bonds is 4. The van der Waals surface area contributed by atoms with Crippen LogP contribution in [0.1, 0.15) is 32.8 Å². The summed E-state index contributed by atoms with van der Waals surface area (Å²) in [4.78, 5) is 37.0. The number of likely N-dealkylation sites (tertiary alicyclic amines) is 1. The van der Waals surface area contributed by atoms with Crippen LogP contribution in [0, 0.1) is 5.92 Å². The predicted molar refractivity (Wildman–Crippen MR) is 92.2 cm³/mol. The Morgan fingerprint density at radius 2 is 2.08 bits per heavy atom. The second-order valence-electron chi connectivity index (χ2n) is 6.36. The zero-order valence-electron chi connectivity index (χ0n) is 14.0. The molecule has 0 spiro atoms. The number of nitrogens with zero attached hydrogens (tertiary/aromatic N) is 3. The van der Waals surface area contributed by atoms with Crippen molar-refractivity contribution in [3.63, 3.8) is 0 Å². The van der Waals surface area contributed by atoms with Gasteiger partial charge in [-0.1, -0.05) is 12.1 Å². The van der Waals surface area contributed by atoms with Gasteiger partial charge in [0.1, 0.15) is 5.69 Å². The molecule has 7 heteroatoms. The first-order chi connectivity index (χ1) is 11.9. The minimum atomic E-state index is -0.439. The largest absolute Gasteiger partial charge is 0.366 e. The highest BCUT2D eigenvalue weighted by Crippen LogP contribution is 2.22. The van der Waals surface area contributed by atoms with E-state index < -0.39 is 5.91 Å². The van der Waals surface area contributed by atoms with Crippen molar-refractivity contribution in [1.29, 1.82) is 0 Å². The smallest absolute Gasteiger partial charge is 0.274 e. The number of hydrogen-bond acceptors (Lipinski definition) is 4. The first-order valence-electron chi connectivity index (χ1n) is 8.16. The molecular formula is C18H20N4O3. The maximum atomic E-state index is 12.5. The van der Waals surface area contributed by atoms with Gasteiger partial charge in [-0.15, -0.1) is 0 Å². The molecule has 2 amide bonds. The molecule has 1 unspecified atom stereocenters. The van der Waals surface area contributed by atoms with Crippen molar-refractivity contribution in [1.82, 2.24) is 14.7 Å². The Morgan fingerprint density at radius 3 is 2.80 bits per heavy atom. The van der Waals surface area contributed by atoms with Gasteiger partial charge in [0.2, 0.25) is 5.91 Å². The van der Waals surface area contributed by atoms with Crippen molar-refractivity contribution < 1.29 is 9.59 Å². The third-order valence-corrected chi connectivity index (χ3v) is 4.49. The third-order valence-electron chi connectivity index (χ3n) is 4.49. The van der Waals surface area contributed by atoms with E-state index in [0.29, 0.717) is 24.6 Å². The molecule has 1 aromatic carbocycles. The molecule has 1 aliphatic rings. The molecule has 1 saturated heterocycles. The van der Waals surface area contributed by atoms with Crippen LogP contribution in [-0.2, 0) is 13.5 Å². The van der Waals surface area contributed by atoms with Crippen LogP contribution in [0.15, 0.2) is 41.2 Å². The Balaban J connectivity index is 1.66. The lowest BCUT2D eigenvalue weighted by Gasteiger charge is -2.16. The summed E-state index contributed by atoms with van der Waals surface area (Å²) in [5.41, 5.74) is 6.88. The van der Waals surface area contributed by atoms with Gasteiger partial charge in [-0.3, -0.25) is 14.4 Å². The third kappa shape index (κ3) is 3.76. The average molecular weight is 340 g/mol.